The van der Waals surface area contributed by atoms with E-state index < -0.39 is 0 Å². The number of nitrogens with one attached hydrogen (secondary N) is 3. The number of aromatic amines is 1. The number of morpholine rings is 1. The Morgan fingerprint density at radius 1 is 1.31 bits per heavy atom. The first-order valence-corrected chi connectivity index (χ1v) is 12.5. The molecule has 1 amide bonds. The molecular weight excluding hydrogens is 444 g/mol. The summed E-state index contributed by atoms with van der Waals surface area (Å²) in [6, 6.07) is 7.47. The van der Waals surface area contributed by atoms with Crippen LogP contribution in [0.5, 0.6) is 0 Å². The number of amides is 1. The summed E-state index contributed by atoms with van der Waals surface area (Å²) in [4.78, 5) is 35.1. The summed E-state index contributed by atoms with van der Waals surface area (Å²) in [5.74, 6) is 0.168. The smallest absolute Gasteiger partial charge is 0.261 e. The van der Waals surface area contributed by atoms with Crippen LogP contribution in [0.2, 0.25) is 0 Å². The summed E-state index contributed by atoms with van der Waals surface area (Å²) < 4.78 is 5.62. The minimum atomic E-state index is -0.286. The third-order valence-corrected chi connectivity index (χ3v) is 7.57. The lowest BCUT2D eigenvalue weighted by molar-refractivity contribution is 0.0262. The van der Waals surface area contributed by atoms with Crippen LogP contribution >= 0.6 is 0 Å². The van der Waals surface area contributed by atoms with Gasteiger partial charge in [0.05, 0.1) is 30.1 Å². The van der Waals surface area contributed by atoms with Gasteiger partial charge in [-0.15, -0.1) is 0 Å². The number of pyridine rings is 1. The van der Waals surface area contributed by atoms with Crippen molar-refractivity contribution in [2.75, 3.05) is 31.6 Å². The standard InChI is InChI=1S/C26H34N6O3/c1-3-26(7-10-28-11-8-26)31-19-6-9-29-24(33)22(19)23(27)30-17-4-5-18(16(2)14-17)25(34)32-12-13-35-21-15-20(21)32/h4-6,9,14,20-21,28H,3,7-8,10-13,15H2,1-2H3,(H2,27,30)(H2,29,31,33). The number of fused-ring (bicyclic) bond motifs is 1. The number of carbonyl (C=O) groups is 1. The molecule has 2 aliphatic heterocycles. The average molecular weight is 479 g/mol. The fraction of sp³-hybridized carbons (Fsp3) is 0.500. The number of aromatic nitrogens is 1. The van der Waals surface area contributed by atoms with Gasteiger partial charge in [-0.25, -0.2) is 4.99 Å². The highest BCUT2D eigenvalue weighted by atomic mass is 16.5. The van der Waals surface area contributed by atoms with Gasteiger partial charge in [-0.1, -0.05) is 6.92 Å². The van der Waals surface area contributed by atoms with E-state index in [1.165, 1.54) is 0 Å². The van der Waals surface area contributed by atoms with E-state index in [-0.39, 0.29) is 35.0 Å². The van der Waals surface area contributed by atoms with Crippen LogP contribution in [-0.4, -0.2) is 65.6 Å². The molecule has 1 aliphatic carbocycles. The van der Waals surface area contributed by atoms with Crippen molar-refractivity contribution in [3.63, 3.8) is 0 Å². The van der Waals surface area contributed by atoms with Gasteiger partial charge in [-0.3, -0.25) is 9.59 Å². The number of aliphatic imine (C=N–C) groups is 1. The van der Waals surface area contributed by atoms with Crippen molar-refractivity contribution in [2.45, 2.75) is 57.2 Å². The number of hydrogen-bond donors (Lipinski definition) is 4. The fourth-order valence-corrected chi connectivity index (χ4v) is 5.29. The van der Waals surface area contributed by atoms with E-state index >= 15 is 0 Å². The number of carbonyl (C=O) groups excluding carboxylic acids is 1. The number of aryl methyl sites for hydroxylation is 1. The molecule has 2 aromatic rings. The summed E-state index contributed by atoms with van der Waals surface area (Å²) >= 11 is 0. The molecule has 2 atom stereocenters. The number of ether oxygens (including phenoxy) is 1. The molecule has 3 heterocycles. The minimum Gasteiger partial charge on any atom is -0.383 e. The Morgan fingerprint density at radius 3 is 2.86 bits per heavy atom. The van der Waals surface area contributed by atoms with E-state index in [0.29, 0.717) is 35.7 Å². The van der Waals surface area contributed by atoms with Crippen LogP contribution in [0.25, 0.3) is 0 Å². The quantitative estimate of drug-likeness (QED) is 0.373. The van der Waals surface area contributed by atoms with E-state index in [1.807, 2.05) is 24.0 Å². The van der Waals surface area contributed by atoms with E-state index in [4.69, 9.17) is 10.5 Å². The first-order valence-electron chi connectivity index (χ1n) is 12.5. The molecule has 1 aromatic carbocycles. The molecule has 9 heteroatoms. The SMILES string of the molecule is CCC1(Nc2cc[nH]c(=O)c2C(N)=Nc2ccc(C(=O)N3CCOC4CC43)c(C)c2)CCNCC1. The Morgan fingerprint density at radius 2 is 2.11 bits per heavy atom. The molecule has 0 radical (unpaired) electrons. The van der Waals surface area contributed by atoms with Crippen LogP contribution in [0.4, 0.5) is 11.4 Å². The van der Waals surface area contributed by atoms with E-state index in [0.717, 1.165) is 44.3 Å². The van der Waals surface area contributed by atoms with Gasteiger partial charge in [0.25, 0.3) is 11.5 Å². The number of nitrogens with two attached hydrogens (primary N) is 1. The highest BCUT2D eigenvalue weighted by Gasteiger charge is 2.48. The van der Waals surface area contributed by atoms with Crippen LogP contribution < -0.4 is 21.9 Å². The summed E-state index contributed by atoms with van der Waals surface area (Å²) in [5.41, 5.74) is 9.13. The van der Waals surface area contributed by atoms with Gasteiger partial charge in [0.2, 0.25) is 0 Å². The van der Waals surface area contributed by atoms with Gasteiger partial charge >= 0.3 is 0 Å². The second-order valence-corrected chi connectivity index (χ2v) is 9.81. The fourth-order valence-electron chi connectivity index (χ4n) is 5.29. The van der Waals surface area contributed by atoms with Crippen molar-refractivity contribution in [3.05, 3.63) is 57.5 Å². The second kappa shape index (κ2) is 9.47. The maximum atomic E-state index is 13.1. The maximum Gasteiger partial charge on any atom is 0.261 e. The van der Waals surface area contributed by atoms with Gasteiger partial charge < -0.3 is 31.0 Å². The van der Waals surface area contributed by atoms with Crippen LogP contribution in [-0.2, 0) is 4.74 Å². The molecule has 5 N–H and O–H groups in total. The molecule has 9 nitrogen and oxygen atoms in total. The molecule has 0 bridgehead atoms. The lowest BCUT2D eigenvalue weighted by atomic mass is 9.85. The topological polar surface area (TPSA) is 125 Å². The van der Waals surface area contributed by atoms with Crippen molar-refractivity contribution < 1.29 is 9.53 Å². The van der Waals surface area contributed by atoms with Crippen LogP contribution in [0.1, 0.15) is 54.1 Å². The summed E-state index contributed by atoms with van der Waals surface area (Å²) in [6.45, 7) is 7.13. The van der Waals surface area contributed by atoms with Crippen molar-refractivity contribution >= 4 is 23.1 Å². The Hall–Kier alpha value is -3.17. The van der Waals surface area contributed by atoms with Crippen molar-refractivity contribution in [3.8, 4) is 0 Å². The van der Waals surface area contributed by atoms with Crippen LogP contribution in [0.15, 0.2) is 40.2 Å². The van der Waals surface area contributed by atoms with Gasteiger partial charge in [-0.2, -0.15) is 0 Å². The van der Waals surface area contributed by atoms with Crippen LogP contribution in [0.3, 0.4) is 0 Å². The predicted molar refractivity (Wildman–Crippen MR) is 137 cm³/mol. The largest absolute Gasteiger partial charge is 0.383 e. The molecule has 186 valence electrons. The third kappa shape index (κ3) is 4.70. The molecule has 1 aromatic heterocycles. The molecule has 2 unspecified atom stereocenters. The zero-order valence-corrected chi connectivity index (χ0v) is 20.4. The predicted octanol–water partition coefficient (Wildman–Crippen LogP) is 2.28. The van der Waals surface area contributed by atoms with Crippen molar-refractivity contribution in [1.82, 2.24) is 15.2 Å². The second-order valence-electron chi connectivity index (χ2n) is 9.81. The first kappa shape index (κ1) is 23.6. The van der Waals surface area contributed by atoms with E-state index in [9.17, 15) is 9.59 Å². The number of nitrogens with zero attached hydrogens (tertiary/aromatic N) is 2. The number of anilines is 1. The lowest BCUT2D eigenvalue weighted by Crippen LogP contribution is -2.47. The highest BCUT2D eigenvalue weighted by Crippen LogP contribution is 2.36. The highest BCUT2D eigenvalue weighted by molar-refractivity contribution is 6.03. The molecule has 1 saturated carbocycles. The Bertz CT molecular complexity index is 1200. The molecular formula is C26H34N6O3. The Labute approximate surface area is 205 Å². The molecule has 3 aliphatic rings. The Kier molecular flexibility index (Phi) is 6.37. The third-order valence-electron chi connectivity index (χ3n) is 7.57. The lowest BCUT2D eigenvalue weighted by Gasteiger charge is -2.39. The zero-order chi connectivity index (χ0) is 24.6. The van der Waals surface area contributed by atoms with E-state index in [1.54, 1.807) is 18.3 Å². The zero-order valence-electron chi connectivity index (χ0n) is 20.4. The van der Waals surface area contributed by atoms with E-state index in [2.05, 4.69) is 27.5 Å². The first-order chi connectivity index (χ1) is 16.9. The van der Waals surface area contributed by atoms with Gasteiger partial charge in [0.15, 0.2) is 0 Å². The summed E-state index contributed by atoms with van der Waals surface area (Å²) in [6.07, 6.45) is 5.62. The summed E-state index contributed by atoms with van der Waals surface area (Å²) in [5, 5.41) is 7.01. The molecule has 3 fully saturated rings. The molecule has 35 heavy (non-hydrogen) atoms. The number of H-pyrrole nitrogens is 1. The monoisotopic (exact) mass is 478 g/mol. The van der Waals surface area contributed by atoms with Crippen molar-refractivity contribution in [1.29, 1.82) is 0 Å². The van der Waals surface area contributed by atoms with Crippen molar-refractivity contribution in [2.24, 2.45) is 10.7 Å². The normalized spacial score (nSPS) is 23.5. The number of amidine groups is 1. The van der Waals surface area contributed by atoms with Gasteiger partial charge in [-0.05, 0) is 75.5 Å². The number of benzene rings is 1. The maximum absolute atomic E-state index is 13.1. The number of hydrogen-bond acceptors (Lipinski definition) is 6. The van der Waals surface area contributed by atoms with Gasteiger partial charge in [0.1, 0.15) is 11.4 Å². The molecule has 5 rings (SSSR count). The summed E-state index contributed by atoms with van der Waals surface area (Å²) in [7, 11) is 0. The number of rotatable bonds is 6. The Balaban J connectivity index is 1.40. The molecule has 0 spiro atoms. The molecule has 2 saturated heterocycles. The minimum absolute atomic E-state index is 0.0274. The van der Waals surface area contributed by atoms with Crippen LogP contribution in [0, 0.1) is 6.92 Å². The average Bonchev–Trinajstić information content (AvgIpc) is 3.64. The van der Waals surface area contributed by atoms with Gasteiger partial charge in [0, 0.05) is 23.8 Å². The number of piperidine rings is 1.